The number of likely N-dealkylation sites (N-methyl/N-ethyl adjacent to an activating group) is 1. The number of halogens is 1. The van der Waals surface area contributed by atoms with Gasteiger partial charge in [-0.1, -0.05) is 0 Å². The molecule has 122 valence electrons. The molecule has 0 unspecified atom stereocenters. The second-order valence-corrected chi connectivity index (χ2v) is 7.19. The average molecular weight is 418 g/mol. The molecular formula is C16H23IN2O3. The van der Waals surface area contributed by atoms with Gasteiger partial charge in [-0.15, -0.1) is 0 Å². The number of hydrogen-bond acceptors (Lipinski definition) is 3. The van der Waals surface area contributed by atoms with Crippen molar-refractivity contribution in [3.05, 3.63) is 27.8 Å². The van der Waals surface area contributed by atoms with E-state index in [1.807, 2.05) is 52.0 Å². The molecule has 2 amide bonds. The van der Waals surface area contributed by atoms with Crippen LogP contribution in [0.1, 0.15) is 27.7 Å². The lowest BCUT2D eigenvalue weighted by Crippen LogP contribution is -2.48. The second-order valence-electron chi connectivity index (χ2n) is 5.95. The largest absolute Gasteiger partial charge is 0.484 e. The summed E-state index contributed by atoms with van der Waals surface area (Å²) >= 11 is 2.20. The molecule has 1 rings (SSSR count). The topological polar surface area (TPSA) is 58.6 Å². The first-order valence-corrected chi connectivity index (χ1v) is 8.26. The van der Waals surface area contributed by atoms with Gasteiger partial charge in [-0.3, -0.25) is 9.59 Å². The van der Waals surface area contributed by atoms with Crippen molar-refractivity contribution in [3.63, 3.8) is 0 Å². The summed E-state index contributed by atoms with van der Waals surface area (Å²) in [5.41, 5.74) is -0.308. The molecule has 0 fully saturated rings. The molecule has 0 aliphatic carbocycles. The maximum atomic E-state index is 12.1. The first-order chi connectivity index (χ1) is 10.2. The van der Waals surface area contributed by atoms with Crippen LogP contribution in [0.2, 0.25) is 0 Å². The van der Waals surface area contributed by atoms with E-state index in [1.165, 1.54) is 4.90 Å². The van der Waals surface area contributed by atoms with Crippen molar-refractivity contribution < 1.29 is 14.3 Å². The first kappa shape index (κ1) is 18.7. The molecule has 1 aromatic rings. The summed E-state index contributed by atoms with van der Waals surface area (Å²) in [6.07, 6.45) is 0. The van der Waals surface area contributed by atoms with Crippen molar-refractivity contribution in [3.8, 4) is 5.75 Å². The van der Waals surface area contributed by atoms with Crippen LogP contribution in [0.25, 0.3) is 0 Å². The Hall–Kier alpha value is -1.31. The van der Waals surface area contributed by atoms with Crippen molar-refractivity contribution in [1.29, 1.82) is 0 Å². The Morgan fingerprint density at radius 3 is 2.32 bits per heavy atom. The quantitative estimate of drug-likeness (QED) is 0.723. The SMILES string of the molecule is CCN(CC(=O)NC(C)(C)C)C(=O)COc1ccc(I)cc1. The highest BCUT2D eigenvalue weighted by Gasteiger charge is 2.19. The number of benzene rings is 1. The molecule has 0 heterocycles. The van der Waals surface area contributed by atoms with E-state index in [-0.39, 0.29) is 30.5 Å². The fraction of sp³-hybridized carbons (Fsp3) is 0.500. The van der Waals surface area contributed by atoms with Gasteiger partial charge >= 0.3 is 0 Å². The van der Waals surface area contributed by atoms with Gasteiger partial charge in [0.25, 0.3) is 5.91 Å². The van der Waals surface area contributed by atoms with E-state index in [9.17, 15) is 9.59 Å². The van der Waals surface area contributed by atoms with Crippen LogP contribution < -0.4 is 10.1 Å². The van der Waals surface area contributed by atoms with E-state index in [0.29, 0.717) is 12.3 Å². The average Bonchev–Trinajstić information content (AvgIpc) is 2.42. The number of nitrogens with one attached hydrogen (secondary N) is 1. The van der Waals surface area contributed by atoms with E-state index in [4.69, 9.17) is 4.74 Å². The summed E-state index contributed by atoms with van der Waals surface area (Å²) in [4.78, 5) is 25.5. The molecule has 0 radical (unpaired) electrons. The predicted molar refractivity (Wildman–Crippen MR) is 94.8 cm³/mol. The number of carbonyl (C=O) groups is 2. The zero-order valence-corrected chi connectivity index (χ0v) is 15.6. The molecule has 1 N–H and O–H groups in total. The Labute approximate surface area is 145 Å². The maximum Gasteiger partial charge on any atom is 0.260 e. The number of nitrogens with zero attached hydrogens (tertiary/aromatic N) is 1. The Kier molecular flexibility index (Phi) is 7.12. The van der Waals surface area contributed by atoms with Crippen LogP contribution in [-0.4, -0.2) is 41.9 Å². The van der Waals surface area contributed by atoms with Crippen molar-refractivity contribution in [2.75, 3.05) is 19.7 Å². The smallest absolute Gasteiger partial charge is 0.260 e. The van der Waals surface area contributed by atoms with E-state index < -0.39 is 0 Å². The van der Waals surface area contributed by atoms with Gasteiger partial charge in [0.15, 0.2) is 6.61 Å². The van der Waals surface area contributed by atoms with Crippen LogP contribution in [0.5, 0.6) is 5.75 Å². The number of ether oxygens (including phenoxy) is 1. The fourth-order valence-electron chi connectivity index (χ4n) is 1.77. The Morgan fingerprint density at radius 2 is 1.82 bits per heavy atom. The molecule has 22 heavy (non-hydrogen) atoms. The fourth-order valence-corrected chi connectivity index (χ4v) is 2.13. The highest BCUT2D eigenvalue weighted by Crippen LogP contribution is 2.13. The number of carbonyl (C=O) groups excluding carboxylic acids is 2. The number of amides is 2. The van der Waals surface area contributed by atoms with Gasteiger partial charge < -0.3 is 15.0 Å². The zero-order valence-electron chi connectivity index (χ0n) is 13.5. The van der Waals surface area contributed by atoms with Gasteiger partial charge in [-0.05, 0) is 74.6 Å². The number of rotatable bonds is 6. The molecule has 6 heteroatoms. The van der Waals surface area contributed by atoms with Gasteiger partial charge in [0.2, 0.25) is 5.91 Å². The molecule has 0 saturated heterocycles. The van der Waals surface area contributed by atoms with E-state index in [0.717, 1.165) is 3.57 Å². The van der Waals surface area contributed by atoms with Crippen molar-refractivity contribution in [2.45, 2.75) is 33.2 Å². The second kappa shape index (κ2) is 8.36. The Balaban J connectivity index is 2.50. The highest BCUT2D eigenvalue weighted by atomic mass is 127. The molecule has 0 atom stereocenters. The summed E-state index contributed by atoms with van der Waals surface area (Å²) < 4.78 is 6.56. The maximum absolute atomic E-state index is 12.1. The standard InChI is InChI=1S/C16H23IN2O3/c1-5-19(10-14(20)18-16(2,3)4)15(21)11-22-13-8-6-12(17)7-9-13/h6-9H,5,10-11H2,1-4H3,(H,18,20). The lowest BCUT2D eigenvalue weighted by Gasteiger charge is -2.25. The van der Waals surface area contributed by atoms with Crippen LogP contribution >= 0.6 is 22.6 Å². The third-order valence-corrected chi connectivity index (χ3v) is 3.48. The minimum absolute atomic E-state index is 0.0443. The van der Waals surface area contributed by atoms with Crippen LogP contribution in [0, 0.1) is 3.57 Å². The Bertz CT molecular complexity index is 509. The van der Waals surface area contributed by atoms with Crippen molar-refractivity contribution >= 4 is 34.4 Å². The minimum Gasteiger partial charge on any atom is -0.484 e. The van der Waals surface area contributed by atoms with Gasteiger partial charge in [0.05, 0.1) is 6.54 Å². The summed E-state index contributed by atoms with van der Waals surface area (Å²) in [5, 5.41) is 2.84. The third-order valence-electron chi connectivity index (χ3n) is 2.76. The molecule has 1 aromatic carbocycles. The third kappa shape index (κ3) is 7.11. The minimum atomic E-state index is -0.308. The molecule has 0 aromatic heterocycles. The van der Waals surface area contributed by atoms with E-state index >= 15 is 0 Å². The van der Waals surface area contributed by atoms with Gasteiger partial charge in [0, 0.05) is 15.7 Å². The first-order valence-electron chi connectivity index (χ1n) is 7.18. The van der Waals surface area contributed by atoms with E-state index in [1.54, 1.807) is 0 Å². The molecule has 0 aliphatic heterocycles. The summed E-state index contributed by atoms with van der Waals surface area (Å²) in [5.74, 6) is 0.269. The van der Waals surface area contributed by atoms with Crippen LogP contribution in [-0.2, 0) is 9.59 Å². The van der Waals surface area contributed by atoms with Gasteiger partial charge in [-0.2, -0.15) is 0 Å². The molecule has 0 saturated carbocycles. The molecule has 5 nitrogen and oxygen atoms in total. The molecule has 0 aliphatic rings. The number of hydrogen-bond donors (Lipinski definition) is 1. The highest BCUT2D eigenvalue weighted by molar-refractivity contribution is 14.1. The summed E-state index contributed by atoms with van der Waals surface area (Å²) in [6.45, 7) is 7.99. The van der Waals surface area contributed by atoms with Crippen LogP contribution in [0.15, 0.2) is 24.3 Å². The van der Waals surface area contributed by atoms with Gasteiger partial charge in [0.1, 0.15) is 5.75 Å². The summed E-state index contributed by atoms with van der Waals surface area (Å²) in [7, 11) is 0. The predicted octanol–water partition coefficient (Wildman–Crippen LogP) is 2.43. The van der Waals surface area contributed by atoms with Crippen molar-refractivity contribution in [1.82, 2.24) is 10.2 Å². The van der Waals surface area contributed by atoms with Gasteiger partial charge in [-0.25, -0.2) is 0 Å². The lowest BCUT2D eigenvalue weighted by atomic mass is 10.1. The van der Waals surface area contributed by atoms with Crippen molar-refractivity contribution in [2.24, 2.45) is 0 Å². The summed E-state index contributed by atoms with van der Waals surface area (Å²) in [6, 6.07) is 7.46. The van der Waals surface area contributed by atoms with Crippen LogP contribution in [0.3, 0.4) is 0 Å². The Morgan fingerprint density at radius 1 is 1.23 bits per heavy atom. The zero-order chi connectivity index (χ0) is 16.8. The van der Waals surface area contributed by atoms with E-state index in [2.05, 4.69) is 27.9 Å². The monoisotopic (exact) mass is 418 g/mol. The lowest BCUT2D eigenvalue weighted by molar-refractivity contribution is -0.137. The molecule has 0 bridgehead atoms. The van der Waals surface area contributed by atoms with Crippen LogP contribution in [0.4, 0.5) is 0 Å². The molecule has 0 spiro atoms. The molecular weight excluding hydrogens is 395 g/mol. The normalized spacial score (nSPS) is 11.0.